The molecule has 0 radical (unpaired) electrons. The number of aromatic hydroxyl groups is 1. The number of aromatic nitrogens is 1. The zero-order chi connectivity index (χ0) is 18.5. The molecule has 0 unspecified atom stereocenters. The molecule has 3 rings (SSSR count). The molecule has 0 bridgehead atoms. The molecule has 0 fully saturated rings. The quantitative estimate of drug-likeness (QED) is 0.417. The smallest absolute Gasteiger partial charge is 0.312 e. The molecule has 0 saturated heterocycles. The minimum atomic E-state index is -0.491. The number of oxazole rings is 1. The first-order valence-corrected chi connectivity index (χ1v) is 7.43. The summed E-state index contributed by atoms with van der Waals surface area (Å²) in [7, 11) is 0. The number of nitrogens with zero attached hydrogens (tertiary/aromatic N) is 3. The maximum Gasteiger partial charge on any atom is 0.312 e. The van der Waals surface area contributed by atoms with E-state index in [9.17, 15) is 19.6 Å². The Labute approximate surface area is 146 Å². The Bertz CT molecular complexity index is 1010. The summed E-state index contributed by atoms with van der Waals surface area (Å²) in [6.07, 6.45) is 4.27. The molecule has 0 saturated carbocycles. The maximum absolute atomic E-state index is 13.1. The normalized spacial score (nSPS) is 11.4. The third-order valence-electron chi connectivity index (χ3n) is 3.29. The van der Waals surface area contributed by atoms with E-state index in [0.717, 1.165) is 0 Å². The van der Waals surface area contributed by atoms with Crippen LogP contribution in [0.2, 0.25) is 0 Å². The molecule has 130 valence electrons. The molecule has 2 aromatic carbocycles. The van der Waals surface area contributed by atoms with E-state index in [1.165, 1.54) is 42.6 Å². The molecule has 0 aliphatic rings. The predicted molar refractivity (Wildman–Crippen MR) is 93.8 cm³/mol. The van der Waals surface area contributed by atoms with Crippen molar-refractivity contribution >= 4 is 29.7 Å². The lowest BCUT2D eigenvalue weighted by atomic mass is 10.2. The highest BCUT2D eigenvalue weighted by molar-refractivity contribution is 5.82. The largest absolute Gasteiger partial charge is 0.479 e. The van der Waals surface area contributed by atoms with Crippen LogP contribution >= 0.6 is 0 Å². The number of benzene rings is 2. The molecule has 0 spiro atoms. The van der Waals surface area contributed by atoms with Gasteiger partial charge in [-0.25, -0.2) is 9.37 Å². The van der Waals surface area contributed by atoms with Crippen molar-refractivity contribution in [1.29, 1.82) is 0 Å². The molecular formula is C18H12FN3O4. The van der Waals surface area contributed by atoms with Crippen molar-refractivity contribution in [2.24, 2.45) is 4.99 Å². The fourth-order valence-electron chi connectivity index (χ4n) is 2.10. The van der Waals surface area contributed by atoms with Crippen molar-refractivity contribution in [3.63, 3.8) is 0 Å². The van der Waals surface area contributed by atoms with Gasteiger partial charge in [-0.05, 0) is 29.8 Å². The second kappa shape index (κ2) is 7.39. The standard InChI is InChI=1S/C18H12FN3O4/c19-13-4-2-5-14(10-13)20-11-16-18(23)26-17(21-16)8-7-12-3-1-6-15(9-12)22(24)25/h1-11,23H. The molecule has 1 aromatic heterocycles. The zero-order valence-electron chi connectivity index (χ0n) is 13.2. The molecule has 0 amide bonds. The monoisotopic (exact) mass is 353 g/mol. The van der Waals surface area contributed by atoms with E-state index in [1.54, 1.807) is 24.3 Å². The van der Waals surface area contributed by atoms with Crippen LogP contribution in [0, 0.1) is 15.9 Å². The molecular weight excluding hydrogens is 341 g/mol. The number of nitro groups is 1. The van der Waals surface area contributed by atoms with Gasteiger partial charge in [0.25, 0.3) is 5.69 Å². The lowest BCUT2D eigenvalue weighted by molar-refractivity contribution is -0.384. The van der Waals surface area contributed by atoms with Gasteiger partial charge in [-0.1, -0.05) is 18.2 Å². The van der Waals surface area contributed by atoms with E-state index in [0.29, 0.717) is 11.3 Å². The van der Waals surface area contributed by atoms with Gasteiger partial charge >= 0.3 is 5.95 Å². The van der Waals surface area contributed by atoms with Crippen molar-refractivity contribution in [1.82, 2.24) is 4.98 Å². The van der Waals surface area contributed by atoms with Crippen LogP contribution in [0.4, 0.5) is 15.8 Å². The van der Waals surface area contributed by atoms with Gasteiger partial charge in [0.05, 0.1) is 16.8 Å². The van der Waals surface area contributed by atoms with Crippen LogP contribution in [-0.4, -0.2) is 21.2 Å². The summed E-state index contributed by atoms with van der Waals surface area (Å²) in [4.78, 5) is 18.3. The number of halogens is 1. The number of rotatable bonds is 5. The highest BCUT2D eigenvalue weighted by atomic mass is 19.1. The number of aliphatic imine (C=N–C) groups is 1. The van der Waals surface area contributed by atoms with Gasteiger partial charge in [0.15, 0.2) is 5.69 Å². The minimum Gasteiger partial charge on any atom is -0.479 e. The summed E-state index contributed by atoms with van der Waals surface area (Å²) < 4.78 is 18.2. The summed E-state index contributed by atoms with van der Waals surface area (Å²) in [5.41, 5.74) is 0.978. The van der Waals surface area contributed by atoms with Gasteiger partial charge in [-0.3, -0.25) is 15.1 Å². The van der Waals surface area contributed by atoms with Crippen LogP contribution in [0.1, 0.15) is 17.1 Å². The van der Waals surface area contributed by atoms with Crippen LogP contribution < -0.4 is 0 Å². The average molecular weight is 353 g/mol. The number of hydrogen-bond donors (Lipinski definition) is 1. The molecule has 0 aliphatic carbocycles. The van der Waals surface area contributed by atoms with Crippen molar-refractivity contribution < 1.29 is 18.8 Å². The van der Waals surface area contributed by atoms with Crippen LogP contribution in [0.3, 0.4) is 0 Å². The van der Waals surface area contributed by atoms with Gasteiger partial charge in [-0.2, -0.15) is 0 Å². The molecule has 0 aliphatic heterocycles. The van der Waals surface area contributed by atoms with Crippen LogP contribution in [-0.2, 0) is 0 Å². The fourth-order valence-corrected chi connectivity index (χ4v) is 2.10. The summed E-state index contributed by atoms with van der Waals surface area (Å²) in [5.74, 6) is -0.775. The van der Waals surface area contributed by atoms with Crippen LogP contribution in [0.15, 0.2) is 57.9 Å². The van der Waals surface area contributed by atoms with Gasteiger partial charge in [-0.15, -0.1) is 0 Å². The molecule has 3 aromatic rings. The Kier molecular flexibility index (Phi) is 4.84. The zero-order valence-corrected chi connectivity index (χ0v) is 13.2. The summed E-state index contributed by atoms with van der Waals surface area (Å²) in [6.45, 7) is 0. The Morgan fingerprint density at radius 3 is 2.77 bits per heavy atom. The number of non-ortho nitro benzene ring substituents is 1. The topological polar surface area (TPSA) is 102 Å². The van der Waals surface area contributed by atoms with E-state index in [-0.39, 0.29) is 17.3 Å². The minimum absolute atomic E-state index is 0.0367. The first-order chi connectivity index (χ1) is 12.5. The lowest BCUT2D eigenvalue weighted by Crippen LogP contribution is -1.87. The summed E-state index contributed by atoms with van der Waals surface area (Å²) >= 11 is 0. The average Bonchev–Trinajstić information content (AvgIpc) is 2.98. The Balaban J connectivity index is 1.77. The molecule has 1 N–H and O–H groups in total. The predicted octanol–water partition coefficient (Wildman–Crippen LogP) is 4.35. The van der Waals surface area contributed by atoms with Crippen LogP contribution in [0.5, 0.6) is 5.95 Å². The van der Waals surface area contributed by atoms with Gasteiger partial charge < -0.3 is 9.52 Å². The van der Waals surface area contributed by atoms with Gasteiger partial charge in [0, 0.05) is 18.2 Å². The maximum atomic E-state index is 13.1. The summed E-state index contributed by atoms with van der Waals surface area (Å²) in [6, 6.07) is 11.7. The Morgan fingerprint density at radius 1 is 1.19 bits per heavy atom. The SMILES string of the molecule is O=[N+]([O-])c1cccc(C=Cc2nc(C=Nc3cccc(F)c3)c(O)o2)c1. The first-order valence-electron chi connectivity index (χ1n) is 7.43. The third-order valence-corrected chi connectivity index (χ3v) is 3.29. The van der Waals surface area contributed by atoms with Crippen molar-refractivity contribution in [2.75, 3.05) is 0 Å². The number of hydrogen-bond acceptors (Lipinski definition) is 6. The second-order valence-electron chi connectivity index (χ2n) is 5.17. The van der Waals surface area contributed by atoms with Crippen molar-refractivity contribution in [3.8, 4) is 5.95 Å². The highest BCUT2D eigenvalue weighted by Crippen LogP contribution is 2.21. The highest BCUT2D eigenvalue weighted by Gasteiger charge is 2.09. The fraction of sp³-hybridized carbons (Fsp3) is 0. The molecule has 0 atom stereocenters. The van der Waals surface area contributed by atoms with Gasteiger partial charge in [0.2, 0.25) is 5.89 Å². The molecule has 26 heavy (non-hydrogen) atoms. The second-order valence-corrected chi connectivity index (χ2v) is 5.17. The summed E-state index contributed by atoms with van der Waals surface area (Å²) in [5, 5.41) is 20.5. The van der Waals surface area contributed by atoms with Gasteiger partial charge in [0.1, 0.15) is 5.82 Å². The molecule has 7 nitrogen and oxygen atoms in total. The third kappa shape index (κ3) is 4.18. The molecule has 1 heterocycles. The van der Waals surface area contributed by atoms with E-state index < -0.39 is 16.7 Å². The van der Waals surface area contributed by atoms with E-state index in [1.807, 2.05) is 0 Å². The van der Waals surface area contributed by atoms with E-state index >= 15 is 0 Å². The number of nitro benzene ring substituents is 1. The Morgan fingerprint density at radius 2 is 2.00 bits per heavy atom. The molecule has 8 heteroatoms. The van der Waals surface area contributed by atoms with Crippen molar-refractivity contribution in [3.05, 3.63) is 81.6 Å². The first kappa shape index (κ1) is 17.0. The lowest BCUT2D eigenvalue weighted by Gasteiger charge is -1.93. The van der Waals surface area contributed by atoms with Crippen molar-refractivity contribution in [2.45, 2.75) is 0 Å². The van der Waals surface area contributed by atoms with Crippen LogP contribution in [0.25, 0.3) is 12.2 Å². The Hall–Kier alpha value is -3.81. The van der Waals surface area contributed by atoms with E-state index in [4.69, 9.17) is 4.42 Å². The van der Waals surface area contributed by atoms with E-state index in [2.05, 4.69) is 9.98 Å².